The van der Waals surface area contributed by atoms with E-state index in [9.17, 15) is 14.4 Å². The number of anilines is 2. The van der Waals surface area contributed by atoms with Crippen LogP contribution in [-0.4, -0.2) is 30.9 Å². The summed E-state index contributed by atoms with van der Waals surface area (Å²) in [5.41, 5.74) is 4.35. The molecule has 0 aliphatic carbocycles. The van der Waals surface area contributed by atoms with Crippen LogP contribution in [0.1, 0.15) is 32.5 Å². The third-order valence-electron chi connectivity index (χ3n) is 8.29. The van der Waals surface area contributed by atoms with Gasteiger partial charge in [-0.2, -0.15) is 0 Å². The number of carbonyl (C=O) groups is 3. The molecule has 264 valence electrons. The first-order valence-electron chi connectivity index (χ1n) is 17.0. The van der Waals surface area contributed by atoms with Gasteiger partial charge in [0.2, 0.25) is 5.91 Å². The number of rotatable bonds is 11. The van der Waals surface area contributed by atoms with Crippen LogP contribution in [0.5, 0.6) is 11.5 Å². The average molecular weight is 722 g/mol. The van der Waals surface area contributed by atoms with Gasteiger partial charge in [0, 0.05) is 39.5 Å². The van der Waals surface area contributed by atoms with Crippen molar-refractivity contribution in [1.29, 1.82) is 0 Å². The molecule has 1 aliphatic rings. The van der Waals surface area contributed by atoms with Crippen LogP contribution in [0.3, 0.4) is 0 Å². The van der Waals surface area contributed by atoms with Crippen molar-refractivity contribution in [2.75, 3.05) is 23.8 Å². The summed E-state index contributed by atoms with van der Waals surface area (Å²) in [6.07, 6.45) is 1.50. The van der Waals surface area contributed by atoms with Crippen LogP contribution in [0.2, 0.25) is 0 Å². The Hall–Kier alpha value is -6.52. The number of thioether (sulfide) groups is 1. The van der Waals surface area contributed by atoms with Crippen LogP contribution in [0.4, 0.5) is 11.4 Å². The van der Waals surface area contributed by atoms with Crippen molar-refractivity contribution in [2.24, 2.45) is 0 Å². The summed E-state index contributed by atoms with van der Waals surface area (Å²) in [4.78, 5) is 41.3. The molecule has 9 nitrogen and oxygen atoms in total. The van der Waals surface area contributed by atoms with Gasteiger partial charge in [-0.3, -0.25) is 14.4 Å². The number of hydrogen-bond acceptors (Lipinski definition) is 7. The van der Waals surface area contributed by atoms with Gasteiger partial charge < -0.3 is 29.8 Å². The third kappa shape index (κ3) is 8.87. The number of ether oxygens (including phenoxy) is 2. The lowest BCUT2D eigenvalue weighted by Gasteiger charge is -2.20. The summed E-state index contributed by atoms with van der Waals surface area (Å²) >= 11 is 1.38. The largest absolute Gasteiger partial charge is 0.486 e. The first-order valence-corrected chi connectivity index (χ1v) is 17.8. The number of nitrogens with one attached hydrogen (secondary N) is 3. The predicted octanol–water partition coefficient (Wildman–Crippen LogP) is 8.91. The van der Waals surface area contributed by atoms with Crippen LogP contribution in [0, 0.1) is 6.92 Å². The van der Waals surface area contributed by atoms with Crippen molar-refractivity contribution >= 4 is 46.9 Å². The molecule has 1 atom stereocenters. The SMILES string of the molecule is Cc1ccc(-c2ccc(C=C(NC(=O)c3ccccc3)C(=O)Nc3ccc(SC(C(=O)Nc4ccc5c(c4)OCCO5)c4ccccc4)cc3)o2)cc1. The van der Waals surface area contributed by atoms with E-state index in [-0.39, 0.29) is 11.6 Å². The molecule has 3 N–H and O–H groups in total. The number of benzene rings is 5. The minimum Gasteiger partial charge on any atom is -0.486 e. The fourth-order valence-corrected chi connectivity index (χ4v) is 6.59. The van der Waals surface area contributed by atoms with E-state index in [1.807, 2.05) is 85.8 Å². The lowest BCUT2D eigenvalue weighted by atomic mass is 10.1. The summed E-state index contributed by atoms with van der Waals surface area (Å²) < 4.78 is 17.3. The van der Waals surface area contributed by atoms with Gasteiger partial charge in [-0.15, -0.1) is 11.8 Å². The second-order valence-electron chi connectivity index (χ2n) is 12.2. The van der Waals surface area contributed by atoms with E-state index in [0.717, 1.165) is 21.6 Å². The molecule has 7 rings (SSSR count). The molecule has 1 aromatic heterocycles. The van der Waals surface area contributed by atoms with Gasteiger partial charge in [0.1, 0.15) is 35.7 Å². The lowest BCUT2D eigenvalue weighted by molar-refractivity contribution is -0.116. The fraction of sp³-hybridized carbons (Fsp3) is 0.0930. The second-order valence-corrected chi connectivity index (χ2v) is 13.4. The minimum atomic E-state index is -0.578. The Morgan fingerprint density at radius 1 is 0.698 bits per heavy atom. The summed E-state index contributed by atoms with van der Waals surface area (Å²) in [6, 6.07) is 42.2. The van der Waals surface area contributed by atoms with E-state index in [2.05, 4.69) is 16.0 Å². The number of aryl methyl sites for hydroxylation is 1. The van der Waals surface area contributed by atoms with Gasteiger partial charge in [-0.05, 0) is 73.2 Å². The monoisotopic (exact) mass is 721 g/mol. The predicted molar refractivity (Wildman–Crippen MR) is 207 cm³/mol. The smallest absolute Gasteiger partial charge is 0.272 e. The van der Waals surface area contributed by atoms with Crippen LogP contribution in [0.15, 0.2) is 155 Å². The van der Waals surface area contributed by atoms with Crippen molar-refractivity contribution in [1.82, 2.24) is 5.32 Å². The number of carbonyl (C=O) groups excluding carboxylic acids is 3. The number of fused-ring (bicyclic) bond motifs is 1. The summed E-state index contributed by atoms with van der Waals surface area (Å²) in [5.74, 6) is 1.07. The molecule has 0 fully saturated rings. The molecule has 2 heterocycles. The van der Waals surface area contributed by atoms with E-state index < -0.39 is 17.1 Å². The molecule has 0 radical (unpaired) electrons. The Morgan fingerprint density at radius 2 is 1.38 bits per heavy atom. The molecule has 1 unspecified atom stereocenters. The topological polar surface area (TPSA) is 119 Å². The Balaban J connectivity index is 1.08. The van der Waals surface area contributed by atoms with Gasteiger partial charge >= 0.3 is 0 Å². The quantitative estimate of drug-likeness (QED) is 0.0903. The Kier molecular flexibility index (Phi) is 10.7. The number of furan rings is 1. The normalized spacial score (nSPS) is 12.7. The molecular weight excluding hydrogens is 687 g/mol. The molecule has 6 aromatic rings. The second kappa shape index (κ2) is 16.2. The molecule has 3 amide bonds. The molecule has 10 heteroatoms. The molecule has 0 saturated heterocycles. The molecule has 5 aromatic carbocycles. The molecule has 0 bridgehead atoms. The summed E-state index contributed by atoms with van der Waals surface area (Å²) in [5, 5.41) is 8.07. The fourth-order valence-electron chi connectivity index (χ4n) is 5.57. The van der Waals surface area contributed by atoms with Gasteiger partial charge in [0.15, 0.2) is 11.5 Å². The van der Waals surface area contributed by atoms with Crippen molar-refractivity contribution in [2.45, 2.75) is 17.1 Å². The van der Waals surface area contributed by atoms with Crippen molar-refractivity contribution < 1.29 is 28.3 Å². The molecule has 53 heavy (non-hydrogen) atoms. The molecule has 0 spiro atoms. The van der Waals surface area contributed by atoms with E-state index in [1.165, 1.54) is 17.8 Å². The molecule has 1 aliphatic heterocycles. The van der Waals surface area contributed by atoms with Crippen LogP contribution in [-0.2, 0) is 9.59 Å². The van der Waals surface area contributed by atoms with Gasteiger partial charge in [-0.1, -0.05) is 78.4 Å². The molecule has 0 saturated carbocycles. The zero-order valence-electron chi connectivity index (χ0n) is 28.7. The van der Waals surface area contributed by atoms with Crippen molar-refractivity contribution in [3.8, 4) is 22.8 Å². The third-order valence-corrected chi connectivity index (χ3v) is 9.56. The van der Waals surface area contributed by atoms with E-state index >= 15 is 0 Å². The Morgan fingerprint density at radius 3 is 2.11 bits per heavy atom. The summed E-state index contributed by atoms with van der Waals surface area (Å²) in [7, 11) is 0. The highest BCUT2D eigenvalue weighted by Crippen LogP contribution is 2.38. The highest BCUT2D eigenvalue weighted by Gasteiger charge is 2.24. The zero-order chi connectivity index (χ0) is 36.6. The van der Waals surface area contributed by atoms with Crippen LogP contribution in [0.25, 0.3) is 17.4 Å². The first-order chi connectivity index (χ1) is 25.9. The highest BCUT2D eigenvalue weighted by atomic mass is 32.2. The van der Waals surface area contributed by atoms with Gasteiger partial charge in [-0.25, -0.2) is 0 Å². The average Bonchev–Trinajstić information content (AvgIpc) is 3.66. The molecular formula is C43H35N3O6S. The summed E-state index contributed by atoms with van der Waals surface area (Å²) in [6.45, 7) is 2.94. The van der Waals surface area contributed by atoms with Gasteiger partial charge in [0.25, 0.3) is 11.8 Å². The number of amides is 3. The standard InChI is InChI=1S/C43H35N3O6S/c1-28-12-14-29(15-13-28)37-23-19-34(52-37)27-36(46-41(47)31-10-6-3-7-11-31)42(48)44-32-16-20-35(21-17-32)53-40(30-8-4-2-5-9-30)43(49)45-33-18-22-38-39(26-33)51-25-24-50-38/h2-23,26-27,40H,24-25H2,1H3,(H,44,48)(H,45,49)(H,46,47). The highest BCUT2D eigenvalue weighted by molar-refractivity contribution is 8.00. The number of hydrogen-bond donors (Lipinski definition) is 3. The van der Waals surface area contributed by atoms with E-state index in [4.69, 9.17) is 13.9 Å². The minimum absolute atomic E-state index is 0.00191. The Bertz CT molecular complexity index is 2250. The van der Waals surface area contributed by atoms with Crippen molar-refractivity contribution in [3.63, 3.8) is 0 Å². The first kappa shape index (κ1) is 34.9. The van der Waals surface area contributed by atoms with Gasteiger partial charge in [0.05, 0.1) is 0 Å². The van der Waals surface area contributed by atoms with Crippen molar-refractivity contribution in [3.05, 3.63) is 168 Å². The zero-order valence-corrected chi connectivity index (χ0v) is 29.5. The maximum atomic E-state index is 13.7. The van der Waals surface area contributed by atoms with E-state index in [1.54, 1.807) is 60.7 Å². The maximum Gasteiger partial charge on any atom is 0.272 e. The van der Waals surface area contributed by atoms with E-state index in [0.29, 0.717) is 53.2 Å². The Labute approximate surface area is 311 Å². The maximum absolute atomic E-state index is 13.7. The lowest BCUT2D eigenvalue weighted by Crippen LogP contribution is -2.30. The van der Waals surface area contributed by atoms with Crippen LogP contribution >= 0.6 is 11.8 Å². The van der Waals surface area contributed by atoms with Crippen LogP contribution < -0.4 is 25.4 Å².